The zero-order valence-corrected chi connectivity index (χ0v) is 17.2. The Bertz CT molecular complexity index is 1020. The molecule has 8 nitrogen and oxygen atoms in total. The number of amides is 3. The summed E-state index contributed by atoms with van der Waals surface area (Å²) in [5, 5.41) is 13.7. The van der Waals surface area contributed by atoms with E-state index in [4.69, 9.17) is 16.3 Å². The first kappa shape index (κ1) is 21.3. The van der Waals surface area contributed by atoms with Crippen molar-refractivity contribution in [2.45, 2.75) is 32.9 Å². The Hall–Kier alpha value is -3.39. The highest BCUT2D eigenvalue weighted by atomic mass is 35.5. The molecule has 0 spiro atoms. The molecule has 1 fully saturated rings. The van der Waals surface area contributed by atoms with Crippen LogP contribution in [-0.2, 0) is 11.3 Å². The molecule has 0 saturated carbocycles. The van der Waals surface area contributed by atoms with E-state index < -0.39 is 16.9 Å². The first-order valence-corrected chi connectivity index (χ1v) is 9.70. The topological polar surface area (TPSA) is 102 Å². The van der Waals surface area contributed by atoms with Crippen LogP contribution >= 0.6 is 11.6 Å². The van der Waals surface area contributed by atoms with E-state index in [1.807, 2.05) is 13.8 Å². The highest BCUT2D eigenvalue weighted by Gasteiger charge is 2.33. The monoisotopic (exact) mass is 429 g/mol. The Morgan fingerprint density at radius 1 is 1.23 bits per heavy atom. The van der Waals surface area contributed by atoms with Gasteiger partial charge in [-0.2, -0.15) is 0 Å². The van der Waals surface area contributed by atoms with Crippen molar-refractivity contribution in [3.8, 4) is 5.75 Å². The minimum Gasteiger partial charge on any atom is -0.489 e. The Labute approximate surface area is 178 Å². The van der Waals surface area contributed by atoms with E-state index >= 15 is 0 Å². The SMILES string of the molecule is CCC(C)Oc1ccc(/C=C2/NC(=O)N(Cc3ccc([N+](=O)[O-])cc3)C2=O)cc1Cl. The number of nitro benzene ring substituents is 1. The molecule has 30 heavy (non-hydrogen) atoms. The van der Waals surface area contributed by atoms with Gasteiger partial charge in [0.2, 0.25) is 0 Å². The van der Waals surface area contributed by atoms with Crippen LogP contribution < -0.4 is 10.1 Å². The summed E-state index contributed by atoms with van der Waals surface area (Å²) < 4.78 is 5.72. The van der Waals surface area contributed by atoms with Gasteiger partial charge in [-0.25, -0.2) is 4.79 Å². The molecule has 1 unspecified atom stereocenters. The summed E-state index contributed by atoms with van der Waals surface area (Å²) in [6, 6.07) is 10.2. The summed E-state index contributed by atoms with van der Waals surface area (Å²) in [5.41, 5.74) is 1.29. The van der Waals surface area contributed by atoms with Crippen LogP contribution in [0.25, 0.3) is 6.08 Å². The van der Waals surface area contributed by atoms with Gasteiger partial charge < -0.3 is 10.1 Å². The van der Waals surface area contributed by atoms with Crippen LogP contribution in [0.5, 0.6) is 5.75 Å². The number of halogens is 1. The molecule has 1 heterocycles. The molecule has 3 rings (SSSR count). The molecule has 0 radical (unpaired) electrons. The number of rotatable bonds is 7. The van der Waals surface area contributed by atoms with E-state index in [0.717, 1.165) is 11.3 Å². The molecule has 1 saturated heterocycles. The first-order valence-electron chi connectivity index (χ1n) is 9.32. The van der Waals surface area contributed by atoms with E-state index in [2.05, 4.69) is 5.32 Å². The standard InChI is InChI=1S/C21H20ClN3O5/c1-3-13(2)30-19-9-6-15(10-17(19)22)11-18-20(26)24(21(27)23-18)12-14-4-7-16(8-5-14)25(28)29/h4-11,13H,3,12H2,1-2H3,(H,23,27)/b18-11+. The van der Waals surface area contributed by atoms with Crippen molar-refractivity contribution in [3.63, 3.8) is 0 Å². The van der Waals surface area contributed by atoms with Crippen molar-refractivity contribution < 1.29 is 19.2 Å². The van der Waals surface area contributed by atoms with Gasteiger partial charge in [0, 0.05) is 12.1 Å². The summed E-state index contributed by atoms with van der Waals surface area (Å²) >= 11 is 6.27. The minimum absolute atomic E-state index is 0.00242. The van der Waals surface area contributed by atoms with Crippen LogP contribution in [0.2, 0.25) is 5.02 Å². The number of benzene rings is 2. The van der Waals surface area contributed by atoms with Gasteiger partial charge in [-0.15, -0.1) is 0 Å². The average Bonchev–Trinajstić information content (AvgIpc) is 2.97. The van der Waals surface area contributed by atoms with E-state index in [1.165, 1.54) is 30.3 Å². The molecule has 1 N–H and O–H groups in total. The average molecular weight is 430 g/mol. The number of non-ortho nitro benzene ring substituents is 1. The molecule has 2 aromatic rings. The highest BCUT2D eigenvalue weighted by Crippen LogP contribution is 2.28. The van der Waals surface area contributed by atoms with Gasteiger partial charge in [0.1, 0.15) is 11.4 Å². The highest BCUT2D eigenvalue weighted by molar-refractivity contribution is 6.32. The molecular weight excluding hydrogens is 410 g/mol. The molecule has 156 valence electrons. The summed E-state index contributed by atoms with van der Waals surface area (Å²) in [5.74, 6) is 0.0594. The van der Waals surface area contributed by atoms with Crippen molar-refractivity contribution in [3.05, 3.63) is 74.4 Å². The van der Waals surface area contributed by atoms with E-state index in [9.17, 15) is 19.7 Å². The molecular formula is C21H20ClN3O5. The second-order valence-electron chi connectivity index (χ2n) is 6.83. The number of hydrogen-bond donors (Lipinski definition) is 1. The zero-order valence-electron chi connectivity index (χ0n) is 16.4. The fourth-order valence-corrected chi connectivity index (χ4v) is 3.02. The second-order valence-corrected chi connectivity index (χ2v) is 7.24. The van der Waals surface area contributed by atoms with Crippen molar-refractivity contribution in [1.82, 2.24) is 10.2 Å². The molecule has 0 aromatic heterocycles. The number of nitro groups is 1. The van der Waals surface area contributed by atoms with Crippen molar-refractivity contribution in [2.24, 2.45) is 0 Å². The van der Waals surface area contributed by atoms with Crippen molar-refractivity contribution in [1.29, 1.82) is 0 Å². The van der Waals surface area contributed by atoms with Crippen LogP contribution in [0.4, 0.5) is 10.5 Å². The Morgan fingerprint density at radius 2 is 1.93 bits per heavy atom. The number of ether oxygens (including phenoxy) is 1. The molecule has 1 aliphatic rings. The van der Waals surface area contributed by atoms with E-state index in [-0.39, 0.29) is 24.0 Å². The third kappa shape index (κ3) is 4.77. The normalized spacial score (nSPS) is 16.0. The van der Waals surface area contributed by atoms with Crippen LogP contribution in [-0.4, -0.2) is 27.9 Å². The largest absolute Gasteiger partial charge is 0.489 e. The maximum atomic E-state index is 12.6. The fourth-order valence-electron chi connectivity index (χ4n) is 2.79. The van der Waals surface area contributed by atoms with E-state index in [0.29, 0.717) is 21.9 Å². The number of urea groups is 1. The maximum Gasteiger partial charge on any atom is 0.329 e. The smallest absolute Gasteiger partial charge is 0.329 e. The lowest BCUT2D eigenvalue weighted by Crippen LogP contribution is -2.30. The van der Waals surface area contributed by atoms with Gasteiger partial charge >= 0.3 is 6.03 Å². The third-order valence-corrected chi connectivity index (χ3v) is 4.92. The molecule has 0 bridgehead atoms. The molecule has 3 amide bonds. The number of nitrogens with one attached hydrogen (secondary N) is 1. The molecule has 1 aliphatic heterocycles. The molecule has 0 aliphatic carbocycles. The minimum atomic E-state index is -0.563. The fraction of sp³-hybridized carbons (Fsp3) is 0.238. The number of carbonyl (C=O) groups excluding carboxylic acids is 2. The van der Waals surface area contributed by atoms with Crippen LogP contribution in [0.15, 0.2) is 48.2 Å². The lowest BCUT2D eigenvalue weighted by molar-refractivity contribution is -0.384. The Morgan fingerprint density at radius 3 is 2.53 bits per heavy atom. The summed E-state index contributed by atoms with van der Waals surface area (Å²) in [6.45, 7) is 3.95. The number of imide groups is 1. The van der Waals surface area contributed by atoms with Gasteiger partial charge in [-0.1, -0.05) is 36.7 Å². The van der Waals surface area contributed by atoms with Crippen LogP contribution in [0.3, 0.4) is 0 Å². The zero-order chi connectivity index (χ0) is 21.8. The summed E-state index contributed by atoms with van der Waals surface area (Å²) in [4.78, 5) is 36.2. The van der Waals surface area contributed by atoms with Crippen LogP contribution in [0.1, 0.15) is 31.4 Å². The number of nitrogens with zero attached hydrogens (tertiary/aromatic N) is 2. The van der Waals surface area contributed by atoms with Gasteiger partial charge in [-0.05, 0) is 42.7 Å². The first-order chi connectivity index (χ1) is 14.3. The Kier molecular flexibility index (Phi) is 6.37. The lowest BCUT2D eigenvalue weighted by atomic mass is 10.1. The van der Waals surface area contributed by atoms with Gasteiger partial charge in [0.25, 0.3) is 11.6 Å². The summed E-state index contributed by atoms with van der Waals surface area (Å²) in [6.07, 6.45) is 2.40. The predicted molar refractivity (Wildman–Crippen MR) is 112 cm³/mol. The van der Waals surface area contributed by atoms with Gasteiger partial charge in [-0.3, -0.25) is 19.8 Å². The lowest BCUT2D eigenvalue weighted by Gasteiger charge is -2.14. The maximum absolute atomic E-state index is 12.6. The molecule has 9 heteroatoms. The van der Waals surface area contributed by atoms with Gasteiger partial charge in [0.05, 0.1) is 22.6 Å². The predicted octanol–water partition coefficient (Wildman–Crippen LogP) is 4.52. The Balaban J connectivity index is 1.74. The van der Waals surface area contributed by atoms with Crippen LogP contribution in [0, 0.1) is 10.1 Å². The molecule has 1 atom stereocenters. The number of carbonyl (C=O) groups is 2. The second kappa shape index (κ2) is 8.96. The third-order valence-electron chi connectivity index (χ3n) is 4.62. The van der Waals surface area contributed by atoms with Crippen molar-refractivity contribution >= 4 is 35.3 Å². The quantitative estimate of drug-likeness (QED) is 0.302. The van der Waals surface area contributed by atoms with Crippen molar-refractivity contribution in [2.75, 3.05) is 0 Å². The van der Waals surface area contributed by atoms with Gasteiger partial charge in [0.15, 0.2) is 0 Å². The summed E-state index contributed by atoms with van der Waals surface area (Å²) in [7, 11) is 0. The van der Waals surface area contributed by atoms with E-state index in [1.54, 1.807) is 18.2 Å². The number of hydrogen-bond acceptors (Lipinski definition) is 5. The molecule has 2 aromatic carbocycles.